The van der Waals surface area contributed by atoms with Gasteiger partial charge in [-0.3, -0.25) is 0 Å². The highest BCUT2D eigenvalue weighted by atomic mass is 15.1. The van der Waals surface area contributed by atoms with Crippen LogP contribution in [0.2, 0.25) is 0 Å². The molecule has 1 heterocycles. The van der Waals surface area contributed by atoms with Crippen molar-refractivity contribution in [2.24, 2.45) is 0 Å². The molecule has 0 fully saturated rings. The van der Waals surface area contributed by atoms with Crippen LogP contribution in [0.25, 0.3) is 16.8 Å². The van der Waals surface area contributed by atoms with E-state index >= 15 is 0 Å². The molecule has 3 aromatic rings. The van der Waals surface area contributed by atoms with Gasteiger partial charge in [0.25, 0.3) is 0 Å². The molecule has 0 radical (unpaired) electrons. The van der Waals surface area contributed by atoms with Gasteiger partial charge in [0, 0.05) is 17.4 Å². The highest BCUT2D eigenvalue weighted by Crippen LogP contribution is 2.22. The zero-order chi connectivity index (χ0) is 16.9. The number of benzene rings is 2. The normalized spacial score (nSPS) is 10.0. The smallest absolute Gasteiger partial charge is 0.227 e. The molecule has 0 aliphatic carbocycles. The van der Waals surface area contributed by atoms with Crippen LogP contribution in [0.4, 0.5) is 11.6 Å². The van der Waals surface area contributed by atoms with Crippen molar-refractivity contribution in [1.82, 2.24) is 9.97 Å². The lowest BCUT2D eigenvalue weighted by Gasteiger charge is -2.08. The summed E-state index contributed by atoms with van der Waals surface area (Å²) < 4.78 is 0. The average molecular weight is 312 g/mol. The summed E-state index contributed by atoms with van der Waals surface area (Å²) in [4.78, 5) is 8.80. The summed E-state index contributed by atoms with van der Waals surface area (Å²) in [6, 6.07) is 19.3. The summed E-state index contributed by atoms with van der Waals surface area (Å²) in [5.74, 6) is 0.508. The van der Waals surface area contributed by atoms with Crippen LogP contribution in [-0.4, -0.2) is 9.97 Å². The second-order valence-electron chi connectivity index (χ2n) is 5.44. The maximum absolute atomic E-state index is 9.03. The molecular weight excluding hydrogens is 296 g/mol. The Kier molecular flexibility index (Phi) is 4.35. The Labute approximate surface area is 141 Å². The maximum atomic E-state index is 9.03. The Morgan fingerprint density at radius 2 is 1.96 bits per heavy atom. The van der Waals surface area contributed by atoms with E-state index in [1.54, 1.807) is 12.3 Å². The van der Waals surface area contributed by atoms with Crippen LogP contribution in [0.3, 0.4) is 0 Å². The number of aromatic nitrogens is 2. The molecule has 0 bridgehead atoms. The molecule has 0 saturated heterocycles. The Morgan fingerprint density at radius 3 is 2.75 bits per heavy atom. The van der Waals surface area contributed by atoms with Gasteiger partial charge in [0.1, 0.15) is 0 Å². The molecule has 24 heavy (non-hydrogen) atoms. The summed E-state index contributed by atoms with van der Waals surface area (Å²) in [6.45, 7) is 5.93. The number of anilines is 2. The molecule has 1 N–H and O–H groups in total. The number of hydrogen-bond donors (Lipinski definition) is 1. The van der Waals surface area contributed by atoms with Gasteiger partial charge in [0.05, 0.1) is 17.3 Å². The fraction of sp³-hybridized carbons (Fsp3) is 0.0500. The number of nitrogens with one attached hydrogen (secondary N) is 1. The van der Waals surface area contributed by atoms with Gasteiger partial charge in [-0.2, -0.15) is 5.26 Å². The minimum Gasteiger partial charge on any atom is -0.324 e. The molecule has 0 saturated carbocycles. The van der Waals surface area contributed by atoms with E-state index in [0.29, 0.717) is 11.5 Å². The Morgan fingerprint density at radius 1 is 1.12 bits per heavy atom. The van der Waals surface area contributed by atoms with Gasteiger partial charge < -0.3 is 5.32 Å². The third-order valence-electron chi connectivity index (χ3n) is 3.55. The van der Waals surface area contributed by atoms with E-state index in [-0.39, 0.29) is 0 Å². The fourth-order valence-electron chi connectivity index (χ4n) is 2.32. The number of rotatable bonds is 4. The van der Waals surface area contributed by atoms with E-state index in [1.165, 1.54) is 0 Å². The summed E-state index contributed by atoms with van der Waals surface area (Å²) in [7, 11) is 0. The Bertz CT molecular complexity index is 938. The molecule has 4 heteroatoms. The fourth-order valence-corrected chi connectivity index (χ4v) is 2.32. The molecule has 0 aliphatic heterocycles. The van der Waals surface area contributed by atoms with E-state index < -0.39 is 0 Å². The topological polar surface area (TPSA) is 61.6 Å². The van der Waals surface area contributed by atoms with Gasteiger partial charge in [-0.1, -0.05) is 36.4 Å². The lowest BCUT2D eigenvalue weighted by atomic mass is 10.1. The molecule has 0 spiro atoms. The first-order chi connectivity index (χ1) is 11.7. The van der Waals surface area contributed by atoms with Gasteiger partial charge in [-0.15, -0.1) is 0 Å². The lowest BCUT2D eigenvalue weighted by Crippen LogP contribution is -1.98. The SMILES string of the molecule is C=C(C)c1cccc(Nc2nccc(-c3cccc(C#N)c3)n2)c1. The number of allylic oxidation sites excluding steroid dienone is 1. The third-order valence-corrected chi connectivity index (χ3v) is 3.55. The van der Waals surface area contributed by atoms with Crippen LogP contribution < -0.4 is 5.32 Å². The van der Waals surface area contributed by atoms with E-state index in [1.807, 2.05) is 55.5 Å². The highest BCUT2D eigenvalue weighted by molar-refractivity contribution is 5.68. The highest BCUT2D eigenvalue weighted by Gasteiger charge is 2.04. The molecule has 4 nitrogen and oxygen atoms in total. The second kappa shape index (κ2) is 6.76. The summed E-state index contributed by atoms with van der Waals surface area (Å²) in [5.41, 5.74) is 5.23. The standard InChI is InChI=1S/C20H16N4/c1-14(2)16-6-4-8-18(12-16)23-20-22-10-9-19(24-20)17-7-3-5-15(11-17)13-21/h3-12H,1H2,2H3,(H,22,23,24). The molecule has 116 valence electrons. The molecule has 0 unspecified atom stereocenters. The van der Waals surface area contributed by atoms with Crippen LogP contribution in [0.1, 0.15) is 18.1 Å². The number of nitrogens with zero attached hydrogens (tertiary/aromatic N) is 3. The monoisotopic (exact) mass is 312 g/mol. The van der Waals surface area contributed by atoms with Crippen molar-refractivity contribution in [3.8, 4) is 17.3 Å². The number of nitriles is 1. The average Bonchev–Trinajstić information content (AvgIpc) is 2.62. The van der Waals surface area contributed by atoms with E-state index in [4.69, 9.17) is 5.26 Å². The first-order valence-corrected chi connectivity index (χ1v) is 7.52. The minimum absolute atomic E-state index is 0.508. The van der Waals surface area contributed by atoms with Crippen molar-refractivity contribution in [2.75, 3.05) is 5.32 Å². The molecule has 0 amide bonds. The van der Waals surface area contributed by atoms with Crippen LogP contribution in [0.5, 0.6) is 0 Å². The predicted octanol–water partition coefficient (Wildman–Crippen LogP) is 4.79. The zero-order valence-corrected chi connectivity index (χ0v) is 13.3. The molecule has 2 aromatic carbocycles. The van der Waals surface area contributed by atoms with Crippen molar-refractivity contribution < 1.29 is 0 Å². The van der Waals surface area contributed by atoms with Gasteiger partial charge >= 0.3 is 0 Å². The molecule has 3 rings (SSSR count). The lowest BCUT2D eigenvalue weighted by molar-refractivity contribution is 1.17. The van der Waals surface area contributed by atoms with Crippen molar-refractivity contribution in [3.63, 3.8) is 0 Å². The van der Waals surface area contributed by atoms with Crippen molar-refractivity contribution in [3.05, 3.63) is 78.5 Å². The summed E-state index contributed by atoms with van der Waals surface area (Å²) in [5, 5.41) is 12.2. The first kappa shape index (κ1) is 15.4. The van der Waals surface area contributed by atoms with Crippen LogP contribution >= 0.6 is 0 Å². The van der Waals surface area contributed by atoms with Crippen LogP contribution in [0, 0.1) is 11.3 Å². The van der Waals surface area contributed by atoms with Crippen molar-refractivity contribution in [1.29, 1.82) is 5.26 Å². The maximum Gasteiger partial charge on any atom is 0.227 e. The second-order valence-corrected chi connectivity index (χ2v) is 5.44. The molecular formula is C20H16N4. The number of hydrogen-bond acceptors (Lipinski definition) is 4. The van der Waals surface area contributed by atoms with E-state index in [9.17, 15) is 0 Å². The van der Waals surface area contributed by atoms with Gasteiger partial charge in [-0.05, 0) is 42.8 Å². The van der Waals surface area contributed by atoms with Crippen LogP contribution in [0.15, 0.2) is 67.4 Å². The summed E-state index contributed by atoms with van der Waals surface area (Å²) in [6.07, 6.45) is 1.70. The van der Waals surface area contributed by atoms with Crippen LogP contribution in [-0.2, 0) is 0 Å². The first-order valence-electron chi connectivity index (χ1n) is 7.52. The van der Waals surface area contributed by atoms with Gasteiger partial charge in [0.2, 0.25) is 5.95 Å². The molecule has 0 atom stereocenters. The Balaban J connectivity index is 1.89. The Hall–Kier alpha value is -3.45. The minimum atomic E-state index is 0.508. The van der Waals surface area contributed by atoms with Crippen molar-refractivity contribution >= 4 is 17.2 Å². The third kappa shape index (κ3) is 3.47. The van der Waals surface area contributed by atoms with Crippen molar-refractivity contribution in [2.45, 2.75) is 6.92 Å². The van der Waals surface area contributed by atoms with Gasteiger partial charge in [-0.25, -0.2) is 9.97 Å². The quantitative estimate of drug-likeness (QED) is 0.752. The van der Waals surface area contributed by atoms with E-state index in [0.717, 1.165) is 28.1 Å². The predicted molar refractivity (Wildman–Crippen MR) is 96.6 cm³/mol. The summed E-state index contributed by atoms with van der Waals surface area (Å²) >= 11 is 0. The largest absolute Gasteiger partial charge is 0.324 e. The molecule has 1 aromatic heterocycles. The van der Waals surface area contributed by atoms with E-state index in [2.05, 4.69) is 27.9 Å². The van der Waals surface area contributed by atoms with Gasteiger partial charge in [0.15, 0.2) is 0 Å². The zero-order valence-electron chi connectivity index (χ0n) is 13.3. The molecule has 0 aliphatic rings.